The molecule has 1 aliphatic heterocycles. The Hall–Kier alpha value is -0.170. The summed E-state index contributed by atoms with van der Waals surface area (Å²) in [5.41, 5.74) is -0.0908. The third-order valence-corrected chi connectivity index (χ3v) is 5.20. The van der Waals surface area contributed by atoms with Gasteiger partial charge in [-0.25, -0.2) is 0 Å². The lowest BCUT2D eigenvalue weighted by atomic mass is 9.89. The Balaban J connectivity index is 2.59. The fraction of sp³-hybridized carbons (Fsp3) is 1.00. The first-order valence-electron chi connectivity index (χ1n) is 6.94. The van der Waals surface area contributed by atoms with Gasteiger partial charge < -0.3 is 4.74 Å². The first kappa shape index (κ1) is 16.9. The molecule has 6 heteroatoms. The molecule has 1 saturated heterocycles. The average molecular weight is 292 g/mol. The molecule has 2 atom stereocenters. The van der Waals surface area contributed by atoms with Crippen LogP contribution < -0.4 is 4.72 Å². The Kier molecular flexibility index (Phi) is 5.79. The van der Waals surface area contributed by atoms with E-state index in [0.29, 0.717) is 25.6 Å². The number of rotatable bonds is 5. The lowest BCUT2D eigenvalue weighted by molar-refractivity contribution is 0.0209. The molecule has 1 rings (SSSR count). The van der Waals surface area contributed by atoms with E-state index >= 15 is 0 Å². The van der Waals surface area contributed by atoms with Crippen molar-refractivity contribution in [3.63, 3.8) is 0 Å². The van der Waals surface area contributed by atoms with Crippen LogP contribution in [0.5, 0.6) is 0 Å². The molecule has 2 unspecified atom stereocenters. The minimum Gasteiger partial charge on any atom is -0.380 e. The normalized spacial score (nSPS) is 24.4. The van der Waals surface area contributed by atoms with Crippen molar-refractivity contribution in [1.82, 2.24) is 9.03 Å². The van der Waals surface area contributed by atoms with Crippen molar-refractivity contribution in [3.05, 3.63) is 0 Å². The molecule has 5 nitrogen and oxygen atoms in total. The second-order valence-electron chi connectivity index (χ2n) is 6.55. The first-order chi connectivity index (χ1) is 8.66. The minimum absolute atomic E-state index is 0.0908. The van der Waals surface area contributed by atoms with E-state index in [1.165, 1.54) is 0 Å². The van der Waals surface area contributed by atoms with Crippen LogP contribution in [-0.4, -0.2) is 45.6 Å². The second kappa shape index (κ2) is 6.52. The molecule has 0 radical (unpaired) electrons. The van der Waals surface area contributed by atoms with E-state index in [-0.39, 0.29) is 11.5 Å². The van der Waals surface area contributed by atoms with Crippen molar-refractivity contribution in [2.75, 3.05) is 26.7 Å². The third-order valence-electron chi connectivity index (χ3n) is 3.66. The molecule has 0 aromatic carbocycles. The lowest BCUT2D eigenvalue weighted by Crippen LogP contribution is -2.49. The van der Waals surface area contributed by atoms with Crippen molar-refractivity contribution in [2.45, 2.75) is 46.6 Å². The van der Waals surface area contributed by atoms with Crippen molar-refractivity contribution >= 4 is 10.2 Å². The van der Waals surface area contributed by atoms with Gasteiger partial charge in [-0.3, -0.25) is 0 Å². The molecular formula is C13H28N2O3S. The Bertz CT molecular complexity index is 376. The standard InChI is InChI=1S/C13H28N2O3S/c1-11-7-6-8-15(10-11)19(16,17)14-9-12(18-5)13(2,3)4/h11-12,14H,6-10H2,1-5H3. The molecule has 1 heterocycles. The van der Waals surface area contributed by atoms with Gasteiger partial charge in [0.15, 0.2) is 0 Å². The van der Waals surface area contributed by atoms with Crippen LogP contribution in [0.3, 0.4) is 0 Å². The van der Waals surface area contributed by atoms with Crippen molar-refractivity contribution < 1.29 is 13.2 Å². The number of nitrogens with zero attached hydrogens (tertiary/aromatic N) is 1. The number of ether oxygens (including phenoxy) is 1. The maximum absolute atomic E-state index is 12.2. The van der Waals surface area contributed by atoms with Crippen LogP contribution in [0, 0.1) is 11.3 Å². The molecule has 0 amide bonds. The summed E-state index contributed by atoms with van der Waals surface area (Å²) >= 11 is 0. The van der Waals surface area contributed by atoms with Gasteiger partial charge in [-0.2, -0.15) is 17.4 Å². The van der Waals surface area contributed by atoms with Gasteiger partial charge in [-0.15, -0.1) is 0 Å². The molecule has 1 N–H and O–H groups in total. The Morgan fingerprint density at radius 3 is 2.53 bits per heavy atom. The molecule has 0 bridgehead atoms. The van der Waals surface area contributed by atoms with Gasteiger partial charge in [0.05, 0.1) is 6.10 Å². The highest BCUT2D eigenvalue weighted by atomic mass is 32.2. The summed E-state index contributed by atoms with van der Waals surface area (Å²) in [4.78, 5) is 0. The van der Waals surface area contributed by atoms with Crippen LogP contribution in [0.4, 0.5) is 0 Å². The van der Waals surface area contributed by atoms with Crippen molar-refractivity contribution in [3.8, 4) is 0 Å². The molecule has 0 spiro atoms. The van der Waals surface area contributed by atoms with E-state index in [1.807, 2.05) is 20.8 Å². The van der Waals surface area contributed by atoms with E-state index in [2.05, 4.69) is 11.6 Å². The zero-order chi connectivity index (χ0) is 14.7. The lowest BCUT2D eigenvalue weighted by Gasteiger charge is -2.33. The van der Waals surface area contributed by atoms with Gasteiger partial charge in [0.1, 0.15) is 0 Å². The highest BCUT2D eigenvalue weighted by molar-refractivity contribution is 7.87. The predicted octanol–water partition coefficient (Wildman–Crippen LogP) is 1.61. The highest BCUT2D eigenvalue weighted by Crippen LogP contribution is 2.22. The summed E-state index contributed by atoms with van der Waals surface area (Å²) in [7, 11) is -1.76. The van der Waals surface area contributed by atoms with E-state index < -0.39 is 10.2 Å². The van der Waals surface area contributed by atoms with Crippen molar-refractivity contribution in [1.29, 1.82) is 0 Å². The number of nitrogens with one attached hydrogen (secondary N) is 1. The van der Waals surface area contributed by atoms with Crippen molar-refractivity contribution in [2.24, 2.45) is 11.3 Å². The van der Waals surface area contributed by atoms with Crippen LogP contribution in [-0.2, 0) is 14.9 Å². The van der Waals surface area contributed by atoms with E-state index in [9.17, 15) is 8.42 Å². The molecule has 1 aliphatic rings. The SMILES string of the molecule is COC(CNS(=O)(=O)N1CCCC(C)C1)C(C)(C)C. The maximum atomic E-state index is 12.2. The highest BCUT2D eigenvalue weighted by Gasteiger charge is 2.30. The van der Waals surface area contributed by atoms with Gasteiger partial charge in [-0.05, 0) is 24.2 Å². The van der Waals surface area contributed by atoms with E-state index in [1.54, 1.807) is 11.4 Å². The Labute approximate surface area is 117 Å². The van der Waals surface area contributed by atoms with E-state index in [0.717, 1.165) is 12.8 Å². The number of methoxy groups -OCH3 is 1. The third kappa shape index (κ3) is 5.02. The molecule has 0 aliphatic carbocycles. The summed E-state index contributed by atoms with van der Waals surface area (Å²) in [6, 6.07) is 0. The quantitative estimate of drug-likeness (QED) is 0.837. The monoisotopic (exact) mass is 292 g/mol. The van der Waals surface area contributed by atoms with Crippen LogP contribution in [0.2, 0.25) is 0 Å². The Morgan fingerprint density at radius 1 is 1.42 bits per heavy atom. The average Bonchev–Trinajstić information content (AvgIpc) is 2.27. The number of hydrogen-bond donors (Lipinski definition) is 1. The summed E-state index contributed by atoms with van der Waals surface area (Å²) in [5.74, 6) is 0.436. The summed E-state index contributed by atoms with van der Waals surface area (Å²) in [6.45, 7) is 9.76. The summed E-state index contributed by atoms with van der Waals surface area (Å²) in [5, 5.41) is 0. The molecule has 0 aromatic rings. The summed E-state index contributed by atoms with van der Waals surface area (Å²) in [6.07, 6.45) is 1.91. The van der Waals surface area contributed by atoms with Gasteiger partial charge >= 0.3 is 0 Å². The first-order valence-corrected chi connectivity index (χ1v) is 8.38. The topological polar surface area (TPSA) is 58.6 Å². The van der Waals surface area contributed by atoms with Gasteiger partial charge in [0.25, 0.3) is 10.2 Å². The fourth-order valence-corrected chi connectivity index (χ4v) is 3.74. The smallest absolute Gasteiger partial charge is 0.279 e. The molecule has 1 fully saturated rings. The number of hydrogen-bond acceptors (Lipinski definition) is 3. The molecule has 0 aromatic heterocycles. The van der Waals surface area contributed by atoms with Gasteiger partial charge in [-0.1, -0.05) is 27.7 Å². The largest absolute Gasteiger partial charge is 0.380 e. The molecule has 114 valence electrons. The Morgan fingerprint density at radius 2 is 2.05 bits per heavy atom. The van der Waals surface area contributed by atoms with Gasteiger partial charge in [0.2, 0.25) is 0 Å². The fourth-order valence-electron chi connectivity index (χ4n) is 2.38. The van der Waals surface area contributed by atoms with Crippen LogP contribution >= 0.6 is 0 Å². The zero-order valence-electron chi connectivity index (χ0n) is 12.8. The van der Waals surface area contributed by atoms with Gasteiger partial charge in [0, 0.05) is 26.7 Å². The van der Waals surface area contributed by atoms with Crippen LogP contribution in [0.25, 0.3) is 0 Å². The van der Waals surface area contributed by atoms with Crippen LogP contribution in [0.1, 0.15) is 40.5 Å². The predicted molar refractivity (Wildman–Crippen MR) is 77.1 cm³/mol. The minimum atomic E-state index is -3.38. The maximum Gasteiger partial charge on any atom is 0.279 e. The summed E-state index contributed by atoms with van der Waals surface area (Å²) < 4.78 is 34.1. The molecular weight excluding hydrogens is 264 g/mol. The van der Waals surface area contributed by atoms with E-state index in [4.69, 9.17) is 4.74 Å². The molecule has 0 saturated carbocycles. The second-order valence-corrected chi connectivity index (χ2v) is 8.30. The molecule has 19 heavy (non-hydrogen) atoms. The zero-order valence-corrected chi connectivity index (χ0v) is 13.6. The van der Waals surface area contributed by atoms with Crippen LogP contribution in [0.15, 0.2) is 0 Å². The number of piperidine rings is 1.